The zero-order chi connectivity index (χ0) is 14.4. The average Bonchev–Trinajstić information content (AvgIpc) is 2.48. The SMILES string of the molecule is CCCCCc1ccc(C(=O)c2ccccc2)c(Br)c1. The van der Waals surface area contributed by atoms with E-state index in [1.165, 1.54) is 24.8 Å². The zero-order valence-corrected chi connectivity index (χ0v) is 13.3. The van der Waals surface area contributed by atoms with Crippen molar-refractivity contribution < 1.29 is 4.79 Å². The lowest BCUT2D eigenvalue weighted by Gasteiger charge is -2.07. The number of hydrogen-bond donors (Lipinski definition) is 0. The van der Waals surface area contributed by atoms with Crippen molar-refractivity contribution in [1.29, 1.82) is 0 Å². The second kappa shape index (κ2) is 7.39. The molecule has 0 aromatic heterocycles. The van der Waals surface area contributed by atoms with E-state index in [2.05, 4.69) is 35.0 Å². The standard InChI is InChI=1S/C18H19BrO/c1-2-3-5-8-14-11-12-16(17(19)13-14)18(20)15-9-6-4-7-10-15/h4,6-7,9-13H,2-3,5,8H2,1H3. The molecule has 0 bridgehead atoms. The molecule has 2 aromatic carbocycles. The summed E-state index contributed by atoms with van der Waals surface area (Å²) in [6.45, 7) is 2.21. The van der Waals surface area contributed by atoms with Crippen LogP contribution in [0.15, 0.2) is 53.0 Å². The molecule has 0 N–H and O–H groups in total. The Morgan fingerprint density at radius 3 is 2.45 bits per heavy atom. The van der Waals surface area contributed by atoms with Gasteiger partial charge in [-0.05, 0) is 30.5 Å². The molecule has 0 radical (unpaired) electrons. The molecule has 0 fully saturated rings. The van der Waals surface area contributed by atoms with E-state index in [4.69, 9.17) is 0 Å². The van der Waals surface area contributed by atoms with Gasteiger partial charge in [0.1, 0.15) is 0 Å². The average molecular weight is 331 g/mol. The predicted molar refractivity (Wildman–Crippen MR) is 87.2 cm³/mol. The Balaban J connectivity index is 2.15. The lowest BCUT2D eigenvalue weighted by Crippen LogP contribution is -2.02. The van der Waals surface area contributed by atoms with Crippen LogP contribution in [0.2, 0.25) is 0 Å². The second-order valence-corrected chi connectivity index (χ2v) is 5.82. The summed E-state index contributed by atoms with van der Waals surface area (Å²) in [5, 5.41) is 0. The number of hydrogen-bond acceptors (Lipinski definition) is 1. The molecule has 0 amide bonds. The van der Waals surface area contributed by atoms with Gasteiger partial charge in [-0.1, -0.05) is 72.1 Å². The lowest BCUT2D eigenvalue weighted by atomic mass is 10.0. The van der Waals surface area contributed by atoms with Gasteiger partial charge < -0.3 is 0 Å². The summed E-state index contributed by atoms with van der Waals surface area (Å²) in [5.41, 5.74) is 2.75. The quantitative estimate of drug-likeness (QED) is 0.511. The van der Waals surface area contributed by atoms with Gasteiger partial charge in [0.2, 0.25) is 0 Å². The highest BCUT2D eigenvalue weighted by molar-refractivity contribution is 9.10. The fourth-order valence-corrected chi connectivity index (χ4v) is 2.83. The molecule has 0 heterocycles. The van der Waals surface area contributed by atoms with Gasteiger partial charge in [-0.15, -0.1) is 0 Å². The van der Waals surface area contributed by atoms with Crippen LogP contribution in [0.4, 0.5) is 0 Å². The van der Waals surface area contributed by atoms with Crippen molar-refractivity contribution in [2.24, 2.45) is 0 Å². The van der Waals surface area contributed by atoms with Gasteiger partial charge in [0.15, 0.2) is 5.78 Å². The summed E-state index contributed by atoms with van der Waals surface area (Å²) in [5.74, 6) is 0.0672. The first-order chi connectivity index (χ1) is 9.72. The number of carbonyl (C=O) groups is 1. The Labute approximate surface area is 129 Å². The molecule has 104 valence electrons. The van der Waals surface area contributed by atoms with E-state index in [0.717, 1.165) is 22.0 Å². The van der Waals surface area contributed by atoms with Gasteiger partial charge in [-0.3, -0.25) is 4.79 Å². The van der Waals surface area contributed by atoms with E-state index in [1.54, 1.807) is 0 Å². The molecular formula is C18H19BrO. The number of ketones is 1. The minimum absolute atomic E-state index is 0.0672. The first-order valence-corrected chi connectivity index (χ1v) is 7.90. The van der Waals surface area contributed by atoms with E-state index in [-0.39, 0.29) is 5.78 Å². The van der Waals surface area contributed by atoms with Crippen LogP contribution in [0.25, 0.3) is 0 Å². The summed E-state index contributed by atoms with van der Waals surface area (Å²) in [7, 11) is 0. The van der Waals surface area contributed by atoms with Crippen molar-refractivity contribution in [3.63, 3.8) is 0 Å². The molecule has 1 nitrogen and oxygen atoms in total. The number of unbranched alkanes of at least 4 members (excludes halogenated alkanes) is 2. The molecule has 0 saturated carbocycles. The molecule has 0 saturated heterocycles. The second-order valence-electron chi connectivity index (χ2n) is 4.97. The molecule has 2 aromatic rings. The lowest BCUT2D eigenvalue weighted by molar-refractivity contribution is 0.103. The van der Waals surface area contributed by atoms with Gasteiger partial charge >= 0.3 is 0 Å². The summed E-state index contributed by atoms with van der Waals surface area (Å²) in [6.07, 6.45) is 4.76. The fourth-order valence-electron chi connectivity index (χ4n) is 2.22. The van der Waals surface area contributed by atoms with Crippen LogP contribution >= 0.6 is 15.9 Å². The molecule has 2 heteroatoms. The minimum Gasteiger partial charge on any atom is -0.289 e. The number of halogens is 1. The normalized spacial score (nSPS) is 10.5. The molecular weight excluding hydrogens is 312 g/mol. The van der Waals surface area contributed by atoms with E-state index in [9.17, 15) is 4.79 Å². The van der Waals surface area contributed by atoms with E-state index in [0.29, 0.717) is 0 Å². The van der Waals surface area contributed by atoms with Crippen molar-refractivity contribution in [3.8, 4) is 0 Å². The Morgan fingerprint density at radius 1 is 1.05 bits per heavy atom. The van der Waals surface area contributed by atoms with Crippen molar-refractivity contribution in [2.45, 2.75) is 32.6 Å². The minimum atomic E-state index is 0.0672. The molecule has 0 aliphatic carbocycles. The van der Waals surface area contributed by atoms with Crippen molar-refractivity contribution in [3.05, 3.63) is 69.7 Å². The van der Waals surface area contributed by atoms with Crippen molar-refractivity contribution in [1.82, 2.24) is 0 Å². The highest BCUT2D eigenvalue weighted by atomic mass is 79.9. The van der Waals surface area contributed by atoms with Gasteiger partial charge in [-0.2, -0.15) is 0 Å². The van der Waals surface area contributed by atoms with E-state index < -0.39 is 0 Å². The zero-order valence-electron chi connectivity index (χ0n) is 11.7. The predicted octanol–water partition coefficient (Wildman–Crippen LogP) is 5.41. The van der Waals surface area contributed by atoms with Gasteiger partial charge in [-0.25, -0.2) is 0 Å². The first-order valence-electron chi connectivity index (χ1n) is 7.10. The molecule has 0 spiro atoms. The summed E-state index contributed by atoms with van der Waals surface area (Å²) in [4.78, 5) is 12.4. The monoisotopic (exact) mass is 330 g/mol. The number of carbonyl (C=O) groups excluding carboxylic acids is 1. The number of rotatable bonds is 6. The fraction of sp³-hybridized carbons (Fsp3) is 0.278. The maximum absolute atomic E-state index is 12.4. The van der Waals surface area contributed by atoms with Gasteiger partial charge in [0.25, 0.3) is 0 Å². The van der Waals surface area contributed by atoms with E-state index >= 15 is 0 Å². The van der Waals surface area contributed by atoms with Crippen LogP contribution in [-0.4, -0.2) is 5.78 Å². The van der Waals surface area contributed by atoms with Crippen LogP contribution in [0, 0.1) is 0 Å². The smallest absolute Gasteiger partial charge is 0.194 e. The van der Waals surface area contributed by atoms with Crippen LogP contribution in [0.3, 0.4) is 0 Å². The maximum Gasteiger partial charge on any atom is 0.194 e. The number of aryl methyl sites for hydroxylation is 1. The summed E-state index contributed by atoms with van der Waals surface area (Å²) < 4.78 is 0.889. The molecule has 0 aliphatic rings. The Morgan fingerprint density at radius 2 is 1.80 bits per heavy atom. The molecule has 2 rings (SSSR count). The van der Waals surface area contributed by atoms with Crippen LogP contribution in [0.5, 0.6) is 0 Å². The maximum atomic E-state index is 12.4. The van der Waals surface area contributed by atoms with Crippen molar-refractivity contribution >= 4 is 21.7 Å². The van der Waals surface area contributed by atoms with Gasteiger partial charge in [0.05, 0.1) is 0 Å². The Bertz CT molecular complexity index is 575. The first kappa shape index (κ1) is 15.0. The van der Waals surface area contributed by atoms with Gasteiger partial charge in [0, 0.05) is 15.6 Å². The number of benzene rings is 2. The highest BCUT2D eigenvalue weighted by Crippen LogP contribution is 2.22. The van der Waals surface area contributed by atoms with E-state index in [1.807, 2.05) is 36.4 Å². The third-order valence-corrected chi connectivity index (χ3v) is 4.04. The third kappa shape index (κ3) is 3.80. The summed E-state index contributed by atoms with van der Waals surface area (Å²) >= 11 is 3.53. The van der Waals surface area contributed by atoms with Crippen LogP contribution in [-0.2, 0) is 6.42 Å². The Kier molecular flexibility index (Phi) is 5.54. The molecule has 0 aliphatic heterocycles. The summed E-state index contributed by atoms with van der Waals surface area (Å²) in [6, 6.07) is 15.5. The molecule has 0 atom stereocenters. The molecule has 20 heavy (non-hydrogen) atoms. The van der Waals surface area contributed by atoms with Crippen LogP contribution < -0.4 is 0 Å². The highest BCUT2D eigenvalue weighted by Gasteiger charge is 2.12. The Hall–Kier alpha value is -1.41. The van der Waals surface area contributed by atoms with Crippen LogP contribution in [0.1, 0.15) is 47.7 Å². The largest absolute Gasteiger partial charge is 0.289 e. The topological polar surface area (TPSA) is 17.1 Å². The van der Waals surface area contributed by atoms with Crippen molar-refractivity contribution in [2.75, 3.05) is 0 Å². The molecule has 0 unspecified atom stereocenters. The third-order valence-electron chi connectivity index (χ3n) is 3.38.